The Morgan fingerprint density at radius 3 is 1.47 bits per heavy atom. The zero-order chi connectivity index (χ0) is 28.3. The summed E-state index contributed by atoms with van der Waals surface area (Å²) in [4.78, 5) is 41.1. The Labute approximate surface area is 225 Å². The molecule has 0 spiro atoms. The highest BCUT2D eigenvalue weighted by Crippen LogP contribution is 2.10. The van der Waals surface area contributed by atoms with Crippen LogP contribution in [0.1, 0.15) is 41.5 Å². The predicted molar refractivity (Wildman–Crippen MR) is 146 cm³/mol. The van der Waals surface area contributed by atoms with Crippen LogP contribution in [0.5, 0.6) is 17.2 Å². The molecule has 8 heteroatoms. The number of pyridine rings is 2. The molecule has 0 saturated heterocycles. The molecule has 0 bridgehead atoms. The maximum Gasteiger partial charge on any atom is 0.313 e. The van der Waals surface area contributed by atoms with Gasteiger partial charge in [0.05, 0.1) is 18.3 Å². The van der Waals surface area contributed by atoms with Crippen LogP contribution >= 0.6 is 0 Å². The second-order valence-corrected chi connectivity index (χ2v) is 9.09. The summed E-state index contributed by atoms with van der Waals surface area (Å²) in [7, 11) is 0. The lowest BCUT2D eigenvalue weighted by Crippen LogP contribution is -2.16. The number of hydrogen-bond acceptors (Lipinski definition) is 8. The van der Waals surface area contributed by atoms with Gasteiger partial charge in [-0.2, -0.15) is 0 Å². The average molecular weight is 523 g/mol. The van der Waals surface area contributed by atoms with Crippen LogP contribution in [-0.2, 0) is 14.4 Å². The van der Waals surface area contributed by atoms with E-state index in [0.29, 0.717) is 11.5 Å². The predicted octanol–water partition coefficient (Wildman–Crippen LogP) is 5.62. The molecule has 2 aromatic heterocycles. The number of ketones is 2. The lowest BCUT2D eigenvalue weighted by molar-refractivity contribution is -0.137. The van der Waals surface area contributed by atoms with E-state index < -0.39 is 0 Å². The number of aromatic nitrogens is 2. The molecule has 0 aliphatic heterocycles. The third kappa shape index (κ3) is 14.5. The molecule has 0 unspecified atom stereocenters. The van der Waals surface area contributed by atoms with E-state index in [1.807, 2.05) is 58.0 Å². The van der Waals surface area contributed by atoms with Crippen LogP contribution in [0.2, 0.25) is 0 Å². The minimum atomic E-state index is -0.233. The fourth-order valence-electron chi connectivity index (χ4n) is 2.23. The number of carbonyl (C=O) groups is 3. The fraction of sp³-hybridized carbons (Fsp3) is 0.367. The molecule has 204 valence electrons. The molecule has 38 heavy (non-hydrogen) atoms. The van der Waals surface area contributed by atoms with Gasteiger partial charge in [0.2, 0.25) is 0 Å². The number of carbonyl (C=O) groups excluding carboxylic acids is 3. The molecule has 8 nitrogen and oxygen atoms in total. The van der Waals surface area contributed by atoms with Crippen molar-refractivity contribution in [3.63, 3.8) is 0 Å². The smallest absolute Gasteiger partial charge is 0.313 e. The highest BCUT2D eigenvalue weighted by atomic mass is 16.5. The molecule has 1 aromatic carbocycles. The number of benzene rings is 1. The molecule has 0 radical (unpaired) electrons. The molecule has 0 saturated carbocycles. The number of hydrogen-bond donors (Lipinski definition) is 0. The zero-order valence-electron chi connectivity index (χ0n) is 23.0. The molecular formula is C30H38N2O6. The van der Waals surface area contributed by atoms with E-state index in [9.17, 15) is 14.4 Å². The van der Waals surface area contributed by atoms with Crippen molar-refractivity contribution in [3.05, 3.63) is 79.4 Å². The molecule has 0 atom stereocenters. The van der Waals surface area contributed by atoms with E-state index in [1.54, 1.807) is 56.7 Å². The van der Waals surface area contributed by atoms with Gasteiger partial charge in [-0.05, 0) is 36.4 Å². The van der Waals surface area contributed by atoms with E-state index in [4.69, 9.17) is 14.2 Å². The number of nitrogens with zero attached hydrogens (tertiary/aromatic N) is 2. The first-order valence-corrected chi connectivity index (χ1v) is 12.5. The zero-order valence-corrected chi connectivity index (χ0v) is 23.0. The van der Waals surface area contributed by atoms with Gasteiger partial charge in [0.15, 0.2) is 11.6 Å². The summed E-state index contributed by atoms with van der Waals surface area (Å²) >= 11 is 0. The van der Waals surface area contributed by atoms with E-state index >= 15 is 0 Å². The fourth-order valence-corrected chi connectivity index (χ4v) is 2.23. The number of esters is 1. The first-order valence-electron chi connectivity index (χ1n) is 12.5. The first-order chi connectivity index (χ1) is 18.1. The van der Waals surface area contributed by atoms with Gasteiger partial charge in [-0.15, -0.1) is 0 Å². The van der Waals surface area contributed by atoms with Crippen LogP contribution in [-0.4, -0.2) is 40.7 Å². The van der Waals surface area contributed by atoms with Gasteiger partial charge in [-0.25, -0.2) is 0 Å². The second-order valence-electron chi connectivity index (χ2n) is 9.09. The van der Waals surface area contributed by atoms with Gasteiger partial charge in [0.25, 0.3) is 0 Å². The van der Waals surface area contributed by atoms with Crippen molar-refractivity contribution in [2.24, 2.45) is 17.8 Å². The van der Waals surface area contributed by atoms with Crippen molar-refractivity contribution in [2.45, 2.75) is 41.5 Å². The monoisotopic (exact) mass is 522 g/mol. The highest BCUT2D eigenvalue weighted by molar-refractivity contribution is 5.82. The molecule has 0 aliphatic rings. The summed E-state index contributed by atoms with van der Waals surface area (Å²) in [6.45, 7) is 11.3. The molecule has 3 rings (SSSR count). The topological polar surface area (TPSA) is 105 Å². The third-order valence-corrected chi connectivity index (χ3v) is 4.75. The Hall–Kier alpha value is -4.07. The van der Waals surface area contributed by atoms with Crippen molar-refractivity contribution in [1.29, 1.82) is 0 Å². The third-order valence-electron chi connectivity index (χ3n) is 4.75. The Kier molecular flexibility index (Phi) is 15.3. The lowest BCUT2D eigenvalue weighted by atomic mass is 10.1. The number of Topliss-reactive ketones (excluding diaryl/α,β-unsaturated/α-hetero) is 2. The Morgan fingerprint density at radius 2 is 1.05 bits per heavy atom. The Balaban J connectivity index is 0.000000285. The SMILES string of the molecule is CC(C)C(=O)COc1ccccc1.CC(C)C(=O)COc1cccnc1.CC(C)C(=O)Oc1cccnc1. The normalized spacial score (nSPS) is 10.0. The summed E-state index contributed by atoms with van der Waals surface area (Å²) < 4.78 is 15.5. The molecule has 0 N–H and O–H groups in total. The average Bonchev–Trinajstić information content (AvgIpc) is 2.92. The van der Waals surface area contributed by atoms with Crippen molar-refractivity contribution in [2.75, 3.05) is 13.2 Å². The minimum absolute atomic E-state index is 0.0247. The summed E-state index contributed by atoms with van der Waals surface area (Å²) in [6.07, 6.45) is 6.40. The van der Waals surface area contributed by atoms with Crippen LogP contribution in [0.25, 0.3) is 0 Å². The maximum absolute atomic E-state index is 11.2. The second kappa shape index (κ2) is 18.2. The van der Waals surface area contributed by atoms with Gasteiger partial charge >= 0.3 is 5.97 Å². The van der Waals surface area contributed by atoms with Crippen molar-refractivity contribution in [3.8, 4) is 17.2 Å². The van der Waals surface area contributed by atoms with Crippen LogP contribution in [0.4, 0.5) is 0 Å². The van der Waals surface area contributed by atoms with Gasteiger partial charge in [-0.1, -0.05) is 59.7 Å². The van der Waals surface area contributed by atoms with E-state index in [2.05, 4.69) is 9.97 Å². The van der Waals surface area contributed by atoms with E-state index in [0.717, 1.165) is 5.75 Å². The Bertz CT molecular complexity index is 1010. The van der Waals surface area contributed by atoms with Crippen molar-refractivity contribution in [1.82, 2.24) is 9.97 Å². The molecule has 0 fully saturated rings. The van der Waals surface area contributed by atoms with Crippen LogP contribution in [0.15, 0.2) is 79.4 Å². The number of para-hydroxylation sites is 1. The number of ether oxygens (including phenoxy) is 3. The van der Waals surface area contributed by atoms with Crippen LogP contribution < -0.4 is 14.2 Å². The van der Waals surface area contributed by atoms with Gasteiger partial charge in [0, 0.05) is 24.2 Å². The van der Waals surface area contributed by atoms with Crippen LogP contribution in [0, 0.1) is 17.8 Å². The van der Waals surface area contributed by atoms with Crippen LogP contribution in [0.3, 0.4) is 0 Å². The van der Waals surface area contributed by atoms with Crippen molar-refractivity contribution < 1.29 is 28.6 Å². The molecule has 3 aromatic rings. The standard InChI is InChI=1S/C11H14O2.C10H13NO2.C9H11NO2/c1-9(2)11(12)8-13-10-6-4-3-5-7-10;1-8(2)10(12)7-13-9-4-3-5-11-6-9;1-7(2)9(11)12-8-4-3-5-10-6-8/h3-7,9H,8H2,1-2H3;3-6,8H,7H2,1-2H3;3-7H,1-2H3. The summed E-state index contributed by atoms with van der Waals surface area (Å²) in [5, 5.41) is 0. The number of rotatable bonds is 10. The quantitative estimate of drug-likeness (QED) is 0.316. The first kappa shape index (κ1) is 32.0. The molecular weight excluding hydrogens is 484 g/mol. The van der Waals surface area contributed by atoms with Gasteiger partial charge < -0.3 is 14.2 Å². The van der Waals surface area contributed by atoms with Gasteiger partial charge in [0.1, 0.15) is 30.5 Å². The lowest BCUT2D eigenvalue weighted by Gasteiger charge is -2.06. The van der Waals surface area contributed by atoms with E-state index in [-0.39, 0.29) is 48.5 Å². The molecule has 0 amide bonds. The molecule has 2 heterocycles. The largest absolute Gasteiger partial charge is 0.486 e. The summed E-state index contributed by atoms with van der Waals surface area (Å²) in [5.41, 5.74) is 0. The summed E-state index contributed by atoms with van der Waals surface area (Å²) in [6, 6.07) is 16.3. The summed E-state index contributed by atoms with van der Waals surface area (Å²) in [5.74, 6) is 1.84. The van der Waals surface area contributed by atoms with Gasteiger partial charge in [-0.3, -0.25) is 24.4 Å². The maximum atomic E-state index is 11.2. The minimum Gasteiger partial charge on any atom is -0.486 e. The van der Waals surface area contributed by atoms with E-state index in [1.165, 1.54) is 6.20 Å². The molecule has 0 aliphatic carbocycles. The van der Waals surface area contributed by atoms with Crippen molar-refractivity contribution >= 4 is 17.5 Å². The Morgan fingerprint density at radius 1 is 0.605 bits per heavy atom. The highest BCUT2D eigenvalue weighted by Gasteiger charge is 2.09.